The average molecular weight is 735 g/mol. The molecule has 0 atom stereocenters. The van der Waals surface area contributed by atoms with E-state index in [0.29, 0.717) is 0 Å². The molecule has 43 heavy (non-hydrogen) atoms. The number of pyridine rings is 1. The van der Waals surface area contributed by atoms with Gasteiger partial charge >= 0.3 is 0 Å². The molecule has 1 aliphatic rings. The van der Waals surface area contributed by atoms with Gasteiger partial charge in [0.2, 0.25) is 0 Å². The second-order valence-corrected chi connectivity index (χ2v) is 11.8. The van der Waals surface area contributed by atoms with Gasteiger partial charge in [0.1, 0.15) is 0 Å². The zero-order valence-electron chi connectivity index (χ0n) is 25.1. The number of nitrogens with zero attached hydrogens (tertiary/aromatic N) is 1. The van der Waals surface area contributed by atoms with Crippen LogP contribution >= 0.6 is 0 Å². The van der Waals surface area contributed by atoms with Crippen molar-refractivity contribution >= 4 is 10.9 Å². The van der Waals surface area contributed by atoms with Crippen LogP contribution in [0.4, 0.5) is 0 Å². The predicted octanol–water partition coefficient (Wildman–Crippen LogP) is 11.2. The first kappa shape index (κ1) is 29.2. The van der Waals surface area contributed by atoms with E-state index in [-0.39, 0.29) is 25.5 Å². The maximum Gasteiger partial charge on any atom is 0.0602 e. The van der Waals surface area contributed by atoms with Gasteiger partial charge < -0.3 is 0 Å². The van der Waals surface area contributed by atoms with Crippen molar-refractivity contribution in [3.8, 4) is 44.6 Å². The minimum atomic E-state index is 0. The Morgan fingerprint density at radius 2 is 1.35 bits per heavy atom. The van der Waals surface area contributed by atoms with Crippen molar-refractivity contribution in [1.82, 2.24) is 4.98 Å². The molecule has 1 aromatic heterocycles. The van der Waals surface area contributed by atoms with E-state index >= 15 is 0 Å². The zero-order chi connectivity index (χ0) is 28.7. The molecule has 7 rings (SSSR count). The topological polar surface area (TPSA) is 12.9 Å². The molecule has 0 N–H and O–H groups in total. The summed E-state index contributed by atoms with van der Waals surface area (Å²) in [5.41, 5.74) is 15.0. The molecular formula is C41H36IrN-. The van der Waals surface area contributed by atoms with Gasteiger partial charge in [-0.05, 0) is 65.4 Å². The summed E-state index contributed by atoms with van der Waals surface area (Å²) >= 11 is 0. The predicted molar refractivity (Wildman–Crippen MR) is 178 cm³/mol. The van der Waals surface area contributed by atoms with Gasteiger partial charge in [-0.25, -0.2) is 0 Å². The minimum Gasteiger partial charge on any atom is -0.296 e. The van der Waals surface area contributed by atoms with Crippen LogP contribution in [0.1, 0.15) is 56.2 Å². The Morgan fingerprint density at radius 1 is 0.651 bits per heavy atom. The first-order valence-electron chi connectivity index (χ1n) is 15.4. The number of hydrogen-bond acceptors (Lipinski definition) is 1. The van der Waals surface area contributed by atoms with Gasteiger partial charge in [-0.2, -0.15) is 0 Å². The summed E-state index contributed by atoms with van der Waals surface area (Å²) in [5, 5.41) is 1.17. The normalized spacial score (nSPS) is 12.9. The van der Waals surface area contributed by atoms with E-state index in [9.17, 15) is 0 Å². The second-order valence-electron chi connectivity index (χ2n) is 11.8. The third-order valence-corrected chi connectivity index (χ3v) is 9.15. The van der Waals surface area contributed by atoms with Crippen LogP contribution in [0.3, 0.4) is 0 Å². The molecule has 0 aliphatic heterocycles. The molecule has 0 fully saturated rings. The van der Waals surface area contributed by atoms with E-state index in [1.165, 1.54) is 55.5 Å². The quantitative estimate of drug-likeness (QED) is 0.149. The molecule has 0 bridgehead atoms. The van der Waals surface area contributed by atoms with Gasteiger partial charge in [-0.15, -0.1) is 29.3 Å². The maximum atomic E-state index is 5.27. The Balaban J connectivity index is 0.00000329. The van der Waals surface area contributed by atoms with Crippen molar-refractivity contribution in [2.75, 3.05) is 0 Å². The van der Waals surface area contributed by atoms with Crippen LogP contribution in [0.15, 0.2) is 115 Å². The first-order valence-corrected chi connectivity index (χ1v) is 15.4. The van der Waals surface area contributed by atoms with Crippen molar-refractivity contribution < 1.29 is 20.1 Å². The first-order chi connectivity index (χ1) is 20.6. The molecule has 1 nitrogen and oxygen atoms in total. The van der Waals surface area contributed by atoms with E-state index < -0.39 is 0 Å². The fourth-order valence-electron chi connectivity index (χ4n) is 7.36. The number of fused-ring (bicyclic) bond motifs is 4. The standard InChI is InChI=1S/C41H36N.Ir/c1-4-23-41(24-5-2)36-18-12-13-28(3)40(36)33-21-19-32(26-37(33)41)39-27-34(30-16-10-7-11-17-30)35-25-31(20-22-38(35)42-39)29-14-8-6-9-15-29;/h6-18,20-22,25-27H,4-5,23-24H2,1-3H3;/q-1;. The number of aryl methyl sites for hydroxylation is 1. The fourth-order valence-corrected chi connectivity index (χ4v) is 7.36. The van der Waals surface area contributed by atoms with Crippen molar-refractivity contribution in [3.63, 3.8) is 0 Å². The Hall–Kier alpha value is -3.84. The molecule has 1 heterocycles. The smallest absolute Gasteiger partial charge is 0.0602 e. The summed E-state index contributed by atoms with van der Waals surface area (Å²) in [6.07, 6.45) is 4.60. The number of rotatable bonds is 7. The van der Waals surface area contributed by atoms with Gasteiger partial charge in [-0.3, -0.25) is 4.98 Å². The molecule has 6 aromatic rings. The summed E-state index contributed by atoms with van der Waals surface area (Å²) in [6.45, 7) is 6.90. The molecule has 215 valence electrons. The van der Waals surface area contributed by atoms with Crippen LogP contribution in [-0.4, -0.2) is 4.98 Å². The summed E-state index contributed by atoms with van der Waals surface area (Å²) in [4.78, 5) is 5.27. The molecule has 1 radical (unpaired) electrons. The van der Waals surface area contributed by atoms with Crippen molar-refractivity contribution in [1.29, 1.82) is 0 Å². The number of benzene rings is 5. The van der Waals surface area contributed by atoms with Crippen LogP contribution in [-0.2, 0) is 25.5 Å². The summed E-state index contributed by atoms with van der Waals surface area (Å²) < 4.78 is 0. The van der Waals surface area contributed by atoms with Crippen LogP contribution in [0, 0.1) is 13.0 Å². The van der Waals surface area contributed by atoms with Crippen LogP contribution in [0.5, 0.6) is 0 Å². The molecular weight excluding hydrogens is 699 g/mol. The Labute approximate surface area is 269 Å². The Morgan fingerprint density at radius 3 is 2.05 bits per heavy atom. The van der Waals surface area contributed by atoms with Gasteiger partial charge in [0.25, 0.3) is 0 Å². The van der Waals surface area contributed by atoms with Gasteiger partial charge in [-0.1, -0.05) is 134 Å². The Kier molecular flexibility index (Phi) is 8.19. The third-order valence-electron chi connectivity index (χ3n) is 9.15. The van der Waals surface area contributed by atoms with Crippen molar-refractivity contribution in [2.45, 2.75) is 51.9 Å². The summed E-state index contributed by atoms with van der Waals surface area (Å²) in [7, 11) is 0. The maximum absolute atomic E-state index is 5.27. The van der Waals surface area contributed by atoms with E-state index in [1.807, 2.05) is 0 Å². The molecule has 0 saturated carbocycles. The summed E-state index contributed by atoms with van der Waals surface area (Å²) in [5.74, 6) is 0. The largest absolute Gasteiger partial charge is 0.296 e. The van der Waals surface area contributed by atoms with Gasteiger partial charge in [0, 0.05) is 30.9 Å². The molecule has 5 aromatic carbocycles. The van der Waals surface area contributed by atoms with Gasteiger partial charge in [0.05, 0.1) is 5.52 Å². The molecule has 0 unspecified atom stereocenters. The van der Waals surface area contributed by atoms with E-state index in [0.717, 1.165) is 42.5 Å². The molecule has 0 amide bonds. The molecule has 1 aliphatic carbocycles. The zero-order valence-corrected chi connectivity index (χ0v) is 27.5. The van der Waals surface area contributed by atoms with Crippen molar-refractivity contribution in [3.05, 3.63) is 138 Å². The third kappa shape index (κ3) is 4.97. The Bertz CT molecular complexity index is 1900. The molecule has 0 spiro atoms. The monoisotopic (exact) mass is 735 g/mol. The van der Waals surface area contributed by atoms with E-state index in [2.05, 4.69) is 142 Å². The molecule has 0 saturated heterocycles. The molecule has 2 heteroatoms. The van der Waals surface area contributed by atoms with Crippen LogP contribution in [0.2, 0.25) is 0 Å². The summed E-state index contributed by atoms with van der Waals surface area (Å²) in [6, 6.07) is 45.5. The second kappa shape index (κ2) is 12.0. The van der Waals surface area contributed by atoms with Crippen molar-refractivity contribution in [2.24, 2.45) is 0 Å². The van der Waals surface area contributed by atoms with Gasteiger partial charge in [0.15, 0.2) is 0 Å². The van der Waals surface area contributed by atoms with E-state index in [4.69, 9.17) is 4.98 Å². The average Bonchev–Trinajstić information content (AvgIpc) is 3.31. The number of aromatic nitrogens is 1. The minimum absolute atomic E-state index is 0. The van der Waals surface area contributed by atoms with E-state index in [1.54, 1.807) is 0 Å². The number of hydrogen-bond donors (Lipinski definition) is 0. The SMILES string of the molecule is CCCC1(CCC)c2cc(-c3cc(-c4ccccc4)c4cc(-c5ccccc5)ccc4n3)[c-]cc2-c2c(C)cccc21.[Ir]. The van der Waals surface area contributed by atoms with Crippen LogP contribution in [0.25, 0.3) is 55.5 Å². The fraction of sp³-hybridized carbons (Fsp3) is 0.195. The van der Waals surface area contributed by atoms with Crippen LogP contribution < -0.4 is 0 Å².